The number of fused-ring (bicyclic) bond motifs is 1. The summed E-state index contributed by atoms with van der Waals surface area (Å²) in [7, 11) is 0. The Morgan fingerprint density at radius 3 is 1.35 bits per heavy atom. The van der Waals surface area contributed by atoms with Gasteiger partial charge in [0, 0.05) is 26.1 Å². The smallest absolute Gasteiger partial charge is 0.264 e. The Hall–Kier alpha value is -2.74. The summed E-state index contributed by atoms with van der Waals surface area (Å²) in [6.45, 7) is 11.3. The van der Waals surface area contributed by atoms with Gasteiger partial charge in [-0.15, -0.1) is 0 Å². The zero-order valence-electron chi connectivity index (χ0n) is 38.0. The number of nitrogens with one attached hydrogen (secondary N) is 2. The maximum absolute atomic E-state index is 13.2. The van der Waals surface area contributed by atoms with Crippen LogP contribution in [0.5, 0.6) is 0 Å². The highest BCUT2D eigenvalue weighted by Gasteiger charge is 2.45. The van der Waals surface area contributed by atoms with E-state index in [-0.39, 0.29) is 42.0 Å². The first kappa shape index (κ1) is 56.6. The molecule has 2 aliphatic rings. The molecule has 1 aromatic rings. The Morgan fingerprint density at radius 2 is 0.938 bits per heavy atom. The maximum Gasteiger partial charge on any atom is 0.264 e. The van der Waals surface area contributed by atoms with Crippen molar-refractivity contribution < 1.29 is 76.1 Å². The highest BCUT2D eigenvalue weighted by atomic mass is 127. The minimum Gasteiger partial charge on any atom is -0.379 e. The molecule has 370 valence electrons. The van der Waals surface area contributed by atoms with Crippen molar-refractivity contribution in [2.75, 3.05) is 155 Å². The van der Waals surface area contributed by atoms with Crippen molar-refractivity contribution in [3.05, 3.63) is 29.3 Å². The number of unbranched alkanes of at least 4 members (excludes halogenated alkanes) is 5. The summed E-state index contributed by atoms with van der Waals surface area (Å²) in [5.41, 5.74) is 0.382. The molecule has 1 fully saturated rings. The summed E-state index contributed by atoms with van der Waals surface area (Å²) in [4.78, 5) is 63.6. The molecule has 0 aromatic heterocycles. The molecule has 0 radical (unpaired) electrons. The standard InChI is InChI=1S/C45H72IN3O16/c46-14-5-1-2-6-15-55-17-19-57-21-23-59-25-27-61-29-31-63-33-35-65-36-34-64-32-30-62-28-26-60-24-22-58-20-18-56-16-7-3-4-11-40(50)47-38-10-8-9-37-42(38)45(54)49(44(37)53)39-12-13-41(51)48-43(39)52/h8-10,39H,1-7,11-36H2,(H,47,50)(H,48,51,52). The predicted molar refractivity (Wildman–Crippen MR) is 247 cm³/mol. The number of hydrogen-bond acceptors (Lipinski definition) is 16. The fourth-order valence-electron chi connectivity index (χ4n) is 6.45. The molecule has 65 heavy (non-hydrogen) atoms. The number of halogens is 1. The third kappa shape index (κ3) is 25.8. The van der Waals surface area contributed by atoms with Crippen LogP contribution in [0.4, 0.5) is 5.69 Å². The molecule has 2 N–H and O–H groups in total. The summed E-state index contributed by atoms with van der Waals surface area (Å²) in [6.07, 6.45) is 7.38. The van der Waals surface area contributed by atoms with E-state index in [1.54, 1.807) is 12.1 Å². The van der Waals surface area contributed by atoms with Gasteiger partial charge in [0.05, 0.1) is 149 Å². The van der Waals surface area contributed by atoms with Crippen LogP contribution in [0, 0.1) is 0 Å². The second kappa shape index (κ2) is 38.3. The summed E-state index contributed by atoms with van der Waals surface area (Å²) < 4.78 is 62.0. The zero-order chi connectivity index (χ0) is 46.4. The van der Waals surface area contributed by atoms with Crippen LogP contribution < -0.4 is 10.6 Å². The van der Waals surface area contributed by atoms with E-state index in [0.29, 0.717) is 145 Å². The molecule has 5 amide bonds. The summed E-state index contributed by atoms with van der Waals surface area (Å²) in [6, 6.07) is 3.53. The number of benzene rings is 1. The lowest BCUT2D eigenvalue weighted by Crippen LogP contribution is -2.54. The molecule has 1 atom stereocenters. The molecule has 0 bridgehead atoms. The zero-order valence-corrected chi connectivity index (χ0v) is 40.2. The summed E-state index contributed by atoms with van der Waals surface area (Å²) in [5.74, 6) is -2.72. The highest BCUT2D eigenvalue weighted by molar-refractivity contribution is 14.1. The number of rotatable bonds is 44. The normalized spacial score (nSPS) is 15.0. The topological polar surface area (TPSA) is 214 Å². The SMILES string of the molecule is O=C1CCC(N2C(=O)c3cccc(NC(=O)CCCCCOCCOCCOCCOCCOCCOCCOCCOCCOCCOCCOCCCCCCI)c3C2=O)C(=O)N1. The van der Waals surface area contributed by atoms with Gasteiger partial charge in [0.15, 0.2) is 0 Å². The fourth-order valence-corrected chi connectivity index (χ4v) is 6.99. The Kier molecular flexibility index (Phi) is 33.3. The monoisotopic (exact) mass is 1040 g/mol. The number of carbonyl (C=O) groups is 5. The summed E-state index contributed by atoms with van der Waals surface area (Å²) >= 11 is 2.41. The first-order valence-corrected chi connectivity index (χ1v) is 24.5. The van der Waals surface area contributed by atoms with Crippen LogP contribution in [0.25, 0.3) is 0 Å². The largest absolute Gasteiger partial charge is 0.379 e. The van der Waals surface area contributed by atoms with Crippen molar-refractivity contribution in [3.8, 4) is 0 Å². The van der Waals surface area contributed by atoms with Gasteiger partial charge in [-0.3, -0.25) is 34.2 Å². The van der Waals surface area contributed by atoms with Crippen molar-refractivity contribution in [2.24, 2.45) is 0 Å². The number of anilines is 1. The van der Waals surface area contributed by atoms with Gasteiger partial charge in [-0.1, -0.05) is 47.9 Å². The van der Waals surface area contributed by atoms with Crippen LogP contribution in [-0.4, -0.2) is 190 Å². The number of amides is 5. The fraction of sp³-hybridized carbons (Fsp3) is 0.756. The molecule has 0 spiro atoms. The van der Waals surface area contributed by atoms with E-state index < -0.39 is 29.7 Å². The van der Waals surface area contributed by atoms with Crippen LogP contribution in [0.3, 0.4) is 0 Å². The average molecular weight is 1040 g/mol. The number of ether oxygens (including phenoxy) is 11. The van der Waals surface area contributed by atoms with Gasteiger partial charge in [-0.25, -0.2) is 0 Å². The van der Waals surface area contributed by atoms with Gasteiger partial charge in [-0.05, 0) is 48.7 Å². The average Bonchev–Trinajstić information content (AvgIpc) is 3.55. The Bertz CT molecular complexity index is 1480. The third-order valence-corrected chi connectivity index (χ3v) is 10.6. The molecule has 0 aliphatic carbocycles. The lowest BCUT2D eigenvalue weighted by atomic mass is 10.0. The van der Waals surface area contributed by atoms with Crippen molar-refractivity contribution in [2.45, 2.75) is 70.3 Å². The molecule has 1 aromatic carbocycles. The van der Waals surface area contributed by atoms with Crippen LogP contribution in [-0.2, 0) is 66.5 Å². The molecule has 2 heterocycles. The van der Waals surface area contributed by atoms with E-state index in [2.05, 4.69) is 33.2 Å². The lowest BCUT2D eigenvalue weighted by Gasteiger charge is -2.27. The van der Waals surface area contributed by atoms with E-state index >= 15 is 0 Å². The Balaban J connectivity index is 0.971. The van der Waals surface area contributed by atoms with Gasteiger partial charge in [0.25, 0.3) is 11.8 Å². The van der Waals surface area contributed by atoms with Crippen LogP contribution in [0.2, 0.25) is 0 Å². The second-order valence-electron chi connectivity index (χ2n) is 14.9. The number of imide groups is 2. The van der Waals surface area contributed by atoms with E-state index in [0.717, 1.165) is 30.8 Å². The van der Waals surface area contributed by atoms with Gasteiger partial charge >= 0.3 is 0 Å². The number of carbonyl (C=O) groups excluding carboxylic acids is 5. The molecule has 0 saturated carbocycles. The number of hydrogen-bond donors (Lipinski definition) is 2. The number of piperidine rings is 1. The quantitative estimate of drug-likeness (QED) is 0.0412. The minimum atomic E-state index is -1.07. The van der Waals surface area contributed by atoms with Crippen LogP contribution in [0.1, 0.15) is 84.9 Å². The number of nitrogens with zero attached hydrogens (tertiary/aromatic N) is 1. The maximum atomic E-state index is 13.2. The molecule has 20 heteroatoms. The summed E-state index contributed by atoms with van der Waals surface area (Å²) in [5, 5.41) is 4.91. The molecule has 2 aliphatic heterocycles. The molecule has 1 saturated heterocycles. The van der Waals surface area contributed by atoms with Crippen molar-refractivity contribution >= 4 is 57.8 Å². The first-order valence-electron chi connectivity index (χ1n) is 23.0. The molecular formula is C45H72IN3O16. The van der Waals surface area contributed by atoms with Gasteiger partial charge < -0.3 is 57.4 Å². The highest BCUT2D eigenvalue weighted by Crippen LogP contribution is 2.32. The Labute approximate surface area is 397 Å². The first-order chi connectivity index (χ1) is 31.9. The third-order valence-electron chi connectivity index (χ3n) is 9.83. The molecule has 3 rings (SSSR count). The van der Waals surface area contributed by atoms with Gasteiger partial charge in [0.1, 0.15) is 6.04 Å². The van der Waals surface area contributed by atoms with Crippen molar-refractivity contribution in [3.63, 3.8) is 0 Å². The van der Waals surface area contributed by atoms with Crippen molar-refractivity contribution in [1.29, 1.82) is 0 Å². The molecule has 19 nitrogen and oxygen atoms in total. The minimum absolute atomic E-state index is 0.0278. The van der Waals surface area contributed by atoms with E-state index in [1.807, 2.05) is 0 Å². The van der Waals surface area contributed by atoms with Gasteiger partial charge in [-0.2, -0.15) is 0 Å². The second-order valence-corrected chi connectivity index (χ2v) is 16.0. The van der Waals surface area contributed by atoms with Crippen LogP contribution >= 0.6 is 22.6 Å². The molecular weight excluding hydrogens is 965 g/mol. The van der Waals surface area contributed by atoms with Gasteiger partial charge in [0.2, 0.25) is 17.7 Å². The van der Waals surface area contributed by atoms with Crippen molar-refractivity contribution in [1.82, 2.24) is 10.2 Å². The number of alkyl halides is 1. The lowest BCUT2D eigenvalue weighted by molar-refractivity contribution is -0.136. The predicted octanol–water partition coefficient (Wildman–Crippen LogP) is 3.76. The van der Waals surface area contributed by atoms with Crippen LogP contribution in [0.15, 0.2) is 18.2 Å². The van der Waals surface area contributed by atoms with E-state index in [9.17, 15) is 24.0 Å². The Morgan fingerprint density at radius 1 is 0.538 bits per heavy atom. The van der Waals surface area contributed by atoms with E-state index in [1.165, 1.54) is 29.8 Å². The molecule has 1 unspecified atom stereocenters. The van der Waals surface area contributed by atoms with E-state index in [4.69, 9.17) is 52.1 Å².